The lowest BCUT2D eigenvalue weighted by atomic mass is 10.2. The molecule has 16 heteroatoms. The van der Waals surface area contributed by atoms with E-state index in [2.05, 4.69) is 92.2 Å². The van der Waals surface area contributed by atoms with Crippen molar-refractivity contribution in [1.82, 2.24) is 58.1 Å². The molecule has 0 amide bonds. The molecule has 2 saturated heterocycles. The zero-order chi connectivity index (χ0) is 39.3. The first-order valence-electron chi connectivity index (χ1n) is 19.7. The Labute approximate surface area is 336 Å². The molecular formula is C42H46N16. The van der Waals surface area contributed by atoms with Crippen LogP contribution in [-0.4, -0.2) is 125 Å². The largest absolute Gasteiger partial charge is 0.369 e. The van der Waals surface area contributed by atoms with E-state index in [1.54, 1.807) is 12.7 Å². The van der Waals surface area contributed by atoms with Gasteiger partial charge in [0.25, 0.3) is 11.9 Å². The van der Waals surface area contributed by atoms with E-state index in [1.807, 2.05) is 91.3 Å². The molecule has 0 aliphatic carbocycles. The molecule has 2 aromatic carbocycles. The molecule has 0 saturated carbocycles. The fourth-order valence-electron chi connectivity index (χ4n) is 7.84. The summed E-state index contributed by atoms with van der Waals surface area (Å²) in [6, 6.07) is 25.4. The van der Waals surface area contributed by atoms with Gasteiger partial charge in [0.05, 0.1) is 58.8 Å². The topological polar surface area (TPSA) is 115 Å². The van der Waals surface area contributed by atoms with Crippen LogP contribution in [0.25, 0.3) is 33.8 Å². The second-order valence-electron chi connectivity index (χ2n) is 15.3. The predicted octanol–water partition coefficient (Wildman–Crippen LogP) is 4.97. The predicted molar refractivity (Wildman–Crippen MR) is 227 cm³/mol. The third kappa shape index (κ3) is 6.65. The highest BCUT2D eigenvalue weighted by Gasteiger charge is 2.29. The summed E-state index contributed by atoms with van der Waals surface area (Å²) in [6.07, 6.45) is 11.3. The van der Waals surface area contributed by atoms with E-state index < -0.39 is 0 Å². The highest BCUT2D eigenvalue weighted by molar-refractivity contribution is 5.75. The zero-order valence-corrected chi connectivity index (χ0v) is 33.2. The highest BCUT2D eigenvalue weighted by Crippen LogP contribution is 2.36. The number of imidazole rings is 2. The molecule has 2 aliphatic rings. The zero-order valence-electron chi connectivity index (χ0n) is 33.2. The molecule has 0 atom stereocenters. The SMILES string of the molecule is CN1CCN(c2ccc(N(c3ncc4ccc(-c5cn(C)cn5)n4n3)N(c3ccc(N4CCN(C)CC4)cc3)c3ncc4ccc(-c5cn(C)cn5)n4n3)cc2)CC1. The maximum atomic E-state index is 5.24. The Kier molecular flexibility index (Phi) is 8.98. The van der Waals surface area contributed by atoms with Gasteiger partial charge < -0.3 is 28.7 Å². The minimum atomic E-state index is 0.428. The van der Waals surface area contributed by atoms with Crippen LogP contribution in [0.3, 0.4) is 0 Å². The molecule has 16 nitrogen and oxygen atoms in total. The minimum Gasteiger partial charge on any atom is -0.369 e. The van der Waals surface area contributed by atoms with Gasteiger partial charge in [-0.3, -0.25) is 0 Å². The molecule has 58 heavy (non-hydrogen) atoms. The Morgan fingerprint density at radius 1 is 0.448 bits per heavy atom. The second-order valence-corrected chi connectivity index (χ2v) is 15.3. The van der Waals surface area contributed by atoms with E-state index in [-0.39, 0.29) is 0 Å². The van der Waals surface area contributed by atoms with E-state index >= 15 is 0 Å². The van der Waals surface area contributed by atoms with E-state index in [0.29, 0.717) is 11.9 Å². The number of anilines is 6. The standard InChI is InChI=1S/C42H46N16/c1-49-17-21-53(22-18-49)31-5-9-33(10-6-31)57(41-43-25-35-13-15-39(55(35)47-41)37-27-51(3)29-45-37)58(34-11-7-32(8-12-34)54-23-19-50(2)20-24-54)42-44-26-36-14-16-40(56(36)48-42)38-28-52(4)30-46-38/h5-16,25-30H,17-24H2,1-4H3. The van der Waals surface area contributed by atoms with Crippen molar-refractivity contribution in [1.29, 1.82) is 0 Å². The number of fused-ring (bicyclic) bond motifs is 2. The maximum Gasteiger partial charge on any atom is 0.267 e. The van der Waals surface area contributed by atoms with Gasteiger partial charge in [0.15, 0.2) is 0 Å². The van der Waals surface area contributed by atoms with Crippen molar-refractivity contribution >= 4 is 45.7 Å². The van der Waals surface area contributed by atoms with E-state index in [0.717, 1.165) is 97.5 Å². The van der Waals surface area contributed by atoms with Gasteiger partial charge in [0.1, 0.15) is 11.4 Å². The summed E-state index contributed by atoms with van der Waals surface area (Å²) in [4.78, 5) is 29.0. The molecule has 0 radical (unpaired) electrons. The van der Waals surface area contributed by atoms with E-state index in [9.17, 15) is 0 Å². The van der Waals surface area contributed by atoms with Crippen LogP contribution in [0.2, 0.25) is 0 Å². The van der Waals surface area contributed by atoms with Gasteiger partial charge in [-0.1, -0.05) is 0 Å². The molecule has 0 unspecified atom stereocenters. The normalized spacial score (nSPS) is 15.5. The number of nitrogens with zero attached hydrogens (tertiary/aromatic N) is 16. The summed E-state index contributed by atoms with van der Waals surface area (Å²) in [5.74, 6) is 0.857. The fourth-order valence-corrected chi connectivity index (χ4v) is 7.84. The van der Waals surface area contributed by atoms with Gasteiger partial charge >= 0.3 is 0 Å². The average Bonchev–Trinajstić information content (AvgIpc) is 4.07. The summed E-state index contributed by atoms with van der Waals surface area (Å²) in [5.41, 5.74) is 9.07. The molecule has 294 valence electrons. The number of rotatable bonds is 9. The van der Waals surface area contributed by atoms with Crippen molar-refractivity contribution in [3.05, 3.63) is 110 Å². The van der Waals surface area contributed by atoms with Crippen molar-refractivity contribution in [3.8, 4) is 22.8 Å². The lowest BCUT2D eigenvalue weighted by Gasteiger charge is -2.37. The van der Waals surface area contributed by atoms with Crippen molar-refractivity contribution in [2.24, 2.45) is 14.1 Å². The molecule has 0 N–H and O–H groups in total. The third-order valence-electron chi connectivity index (χ3n) is 11.2. The van der Waals surface area contributed by atoms with Crippen LogP contribution < -0.4 is 19.8 Å². The third-order valence-corrected chi connectivity index (χ3v) is 11.2. The lowest BCUT2D eigenvalue weighted by Crippen LogP contribution is -2.44. The van der Waals surface area contributed by atoms with Crippen LogP contribution in [-0.2, 0) is 14.1 Å². The summed E-state index contributed by atoms with van der Waals surface area (Å²) < 4.78 is 7.68. The minimum absolute atomic E-state index is 0.428. The molecule has 2 fully saturated rings. The Bertz CT molecular complexity index is 2490. The maximum absolute atomic E-state index is 5.24. The molecule has 6 aromatic heterocycles. The molecule has 0 spiro atoms. The average molecular weight is 775 g/mol. The quantitative estimate of drug-likeness (QED) is 0.185. The monoisotopic (exact) mass is 774 g/mol. The summed E-state index contributed by atoms with van der Waals surface area (Å²) in [5, 5.41) is 14.5. The van der Waals surface area contributed by atoms with Crippen molar-refractivity contribution in [2.75, 3.05) is 86.3 Å². The van der Waals surface area contributed by atoms with Crippen molar-refractivity contribution < 1.29 is 0 Å². The Morgan fingerprint density at radius 2 is 0.845 bits per heavy atom. The number of hydrogen-bond donors (Lipinski definition) is 0. The number of aryl methyl sites for hydroxylation is 2. The van der Waals surface area contributed by atoms with Crippen LogP contribution in [0.1, 0.15) is 0 Å². The summed E-state index contributed by atoms with van der Waals surface area (Å²) >= 11 is 0. The number of piperazine rings is 2. The second kappa shape index (κ2) is 14.6. The van der Waals surface area contributed by atoms with Crippen LogP contribution in [0, 0.1) is 0 Å². The first-order valence-corrected chi connectivity index (χ1v) is 19.7. The molecule has 8 aromatic rings. The van der Waals surface area contributed by atoms with Gasteiger partial charge in [-0.05, 0) is 86.9 Å². The Balaban J connectivity index is 1.15. The molecule has 10 rings (SSSR count). The summed E-state index contributed by atoms with van der Waals surface area (Å²) in [6.45, 7) is 7.97. The van der Waals surface area contributed by atoms with Crippen LogP contribution in [0.5, 0.6) is 0 Å². The first-order chi connectivity index (χ1) is 28.3. The van der Waals surface area contributed by atoms with Crippen molar-refractivity contribution in [3.63, 3.8) is 0 Å². The van der Waals surface area contributed by atoms with Crippen LogP contribution in [0.15, 0.2) is 110 Å². The molecule has 2 aliphatic heterocycles. The Morgan fingerprint density at radius 3 is 1.21 bits per heavy atom. The Hall–Kier alpha value is -6.78. The van der Waals surface area contributed by atoms with Gasteiger partial charge in [-0.15, -0.1) is 10.2 Å². The molecule has 0 bridgehead atoms. The van der Waals surface area contributed by atoms with Crippen LogP contribution in [0.4, 0.5) is 34.6 Å². The highest BCUT2D eigenvalue weighted by atomic mass is 15.7. The van der Waals surface area contributed by atoms with E-state index in [4.69, 9.17) is 20.2 Å². The number of benzene rings is 2. The number of hydrazine groups is 1. The smallest absolute Gasteiger partial charge is 0.267 e. The van der Waals surface area contributed by atoms with E-state index in [1.165, 1.54) is 11.4 Å². The lowest BCUT2D eigenvalue weighted by molar-refractivity contribution is 0.313. The number of hydrogen-bond acceptors (Lipinski definition) is 12. The van der Waals surface area contributed by atoms with Crippen LogP contribution >= 0.6 is 0 Å². The first kappa shape index (κ1) is 35.6. The van der Waals surface area contributed by atoms with Gasteiger partial charge in [0, 0.05) is 90.2 Å². The number of aromatic nitrogens is 10. The fraction of sp³-hybridized carbons (Fsp3) is 0.286. The summed E-state index contributed by atoms with van der Waals surface area (Å²) in [7, 11) is 8.29. The molecule has 8 heterocycles. The van der Waals surface area contributed by atoms with Gasteiger partial charge in [-0.2, -0.15) is 0 Å². The molecular weight excluding hydrogens is 729 g/mol. The van der Waals surface area contributed by atoms with Crippen molar-refractivity contribution in [2.45, 2.75) is 0 Å². The van der Waals surface area contributed by atoms with Gasteiger partial charge in [0.2, 0.25) is 0 Å². The number of likely N-dealkylation sites (N-methyl/N-ethyl adjacent to an activating group) is 2. The van der Waals surface area contributed by atoms with Gasteiger partial charge in [-0.25, -0.2) is 39.0 Å².